The maximum atomic E-state index is 10.7. The summed E-state index contributed by atoms with van der Waals surface area (Å²) in [5.74, 6) is 1.06. The molecule has 1 aliphatic rings. The number of nitrogens with one attached hydrogen (secondary N) is 1. The van der Waals surface area contributed by atoms with E-state index in [4.69, 9.17) is 13.0 Å². The van der Waals surface area contributed by atoms with E-state index in [1.807, 2.05) is 4.90 Å². The SMILES string of the molecule is CCCCC[NH+]1CCC(CCCC)C1.O=S(=O)([O-])C(F)(F)F. The Morgan fingerprint density at radius 1 is 1.14 bits per heavy atom. The first-order valence-corrected chi connectivity index (χ1v) is 9.38. The molecule has 1 saturated heterocycles. The summed E-state index contributed by atoms with van der Waals surface area (Å²) in [6, 6.07) is 0. The van der Waals surface area contributed by atoms with Crippen LogP contribution in [0.5, 0.6) is 0 Å². The van der Waals surface area contributed by atoms with E-state index in [9.17, 15) is 13.2 Å². The maximum absolute atomic E-state index is 10.7. The van der Waals surface area contributed by atoms with Gasteiger partial charge in [-0.25, -0.2) is 8.42 Å². The van der Waals surface area contributed by atoms with Gasteiger partial charge in [-0.05, 0) is 19.3 Å². The summed E-state index contributed by atoms with van der Waals surface area (Å²) in [7, 11) is -6.09. The van der Waals surface area contributed by atoms with E-state index in [-0.39, 0.29) is 0 Å². The zero-order valence-electron chi connectivity index (χ0n) is 13.4. The third-order valence-corrected chi connectivity index (χ3v) is 4.43. The normalized spacial score (nSPS) is 22.3. The van der Waals surface area contributed by atoms with Gasteiger partial charge in [0.2, 0.25) is 0 Å². The van der Waals surface area contributed by atoms with E-state index >= 15 is 0 Å². The van der Waals surface area contributed by atoms with E-state index in [0.717, 1.165) is 5.92 Å². The lowest BCUT2D eigenvalue weighted by molar-refractivity contribution is -0.889. The van der Waals surface area contributed by atoms with Gasteiger partial charge in [0.05, 0.1) is 19.6 Å². The largest absolute Gasteiger partial charge is 0.741 e. The Hall–Kier alpha value is -0.340. The summed E-state index contributed by atoms with van der Waals surface area (Å²) in [6.45, 7) is 8.97. The van der Waals surface area contributed by atoms with Crippen LogP contribution in [0.2, 0.25) is 0 Å². The van der Waals surface area contributed by atoms with Gasteiger partial charge >= 0.3 is 5.51 Å². The third kappa shape index (κ3) is 9.63. The van der Waals surface area contributed by atoms with Crippen LogP contribution in [-0.2, 0) is 10.1 Å². The summed E-state index contributed by atoms with van der Waals surface area (Å²) < 4.78 is 58.9. The highest BCUT2D eigenvalue weighted by molar-refractivity contribution is 7.86. The number of rotatable bonds is 7. The van der Waals surface area contributed by atoms with Crippen LogP contribution in [0.1, 0.15) is 58.8 Å². The molecule has 1 N–H and O–H groups in total. The average molecular weight is 347 g/mol. The minimum Gasteiger partial charge on any atom is -0.741 e. The quantitative estimate of drug-likeness (QED) is 0.437. The number of likely N-dealkylation sites (tertiary alicyclic amines) is 1. The van der Waals surface area contributed by atoms with Crippen molar-refractivity contribution >= 4 is 10.1 Å². The Balaban J connectivity index is 0.000000472. The molecular formula is C14H28F3NO3S. The van der Waals surface area contributed by atoms with Gasteiger partial charge < -0.3 is 9.45 Å². The number of halogens is 3. The fraction of sp³-hybridized carbons (Fsp3) is 1.00. The number of alkyl halides is 3. The first kappa shape index (κ1) is 21.7. The number of hydrogen-bond donors (Lipinski definition) is 1. The average Bonchev–Trinajstić information content (AvgIpc) is 2.83. The van der Waals surface area contributed by atoms with Crippen LogP contribution >= 0.6 is 0 Å². The zero-order valence-corrected chi connectivity index (χ0v) is 14.2. The van der Waals surface area contributed by atoms with Crippen molar-refractivity contribution in [3.63, 3.8) is 0 Å². The van der Waals surface area contributed by atoms with Crippen molar-refractivity contribution in [2.45, 2.75) is 64.3 Å². The molecule has 0 aliphatic carbocycles. The molecule has 0 amide bonds. The van der Waals surface area contributed by atoms with Gasteiger partial charge in [0.1, 0.15) is 0 Å². The lowest BCUT2D eigenvalue weighted by Crippen LogP contribution is -3.10. The van der Waals surface area contributed by atoms with Gasteiger partial charge in [-0.1, -0.05) is 33.1 Å². The van der Waals surface area contributed by atoms with E-state index < -0.39 is 15.6 Å². The summed E-state index contributed by atoms with van der Waals surface area (Å²) in [4.78, 5) is 1.89. The van der Waals surface area contributed by atoms with Gasteiger partial charge in [-0.2, -0.15) is 13.2 Å². The molecule has 0 aromatic heterocycles. The second kappa shape index (κ2) is 10.4. The lowest BCUT2D eigenvalue weighted by atomic mass is 10.0. The first-order chi connectivity index (χ1) is 10.1. The molecule has 8 heteroatoms. The van der Waals surface area contributed by atoms with Gasteiger partial charge in [0.25, 0.3) is 0 Å². The Labute approximate surface area is 131 Å². The van der Waals surface area contributed by atoms with Crippen LogP contribution in [-0.4, -0.2) is 38.1 Å². The van der Waals surface area contributed by atoms with Crippen LogP contribution in [0.25, 0.3) is 0 Å². The lowest BCUT2D eigenvalue weighted by Gasteiger charge is -2.12. The van der Waals surface area contributed by atoms with Gasteiger partial charge in [-0.3, -0.25) is 0 Å². The highest BCUT2D eigenvalue weighted by Crippen LogP contribution is 2.20. The second-order valence-electron chi connectivity index (χ2n) is 5.86. The predicted octanol–water partition coefficient (Wildman–Crippen LogP) is 2.32. The minimum absolute atomic E-state index is 1.06. The molecule has 134 valence electrons. The van der Waals surface area contributed by atoms with Crippen LogP contribution in [0.4, 0.5) is 13.2 Å². The molecule has 4 nitrogen and oxygen atoms in total. The van der Waals surface area contributed by atoms with Crippen molar-refractivity contribution in [2.24, 2.45) is 5.92 Å². The van der Waals surface area contributed by atoms with Crippen LogP contribution in [0.3, 0.4) is 0 Å². The molecule has 0 spiro atoms. The number of quaternary nitrogens is 1. The molecular weight excluding hydrogens is 319 g/mol. The second-order valence-corrected chi connectivity index (χ2v) is 7.23. The molecule has 1 fully saturated rings. The number of unbranched alkanes of at least 4 members (excludes halogenated alkanes) is 3. The molecule has 1 rings (SSSR count). The highest BCUT2D eigenvalue weighted by Gasteiger charge is 2.36. The smallest absolute Gasteiger partial charge is 0.485 e. The molecule has 1 heterocycles. The zero-order chi connectivity index (χ0) is 17.2. The topological polar surface area (TPSA) is 61.6 Å². The van der Waals surface area contributed by atoms with Crippen molar-refractivity contribution in [3.05, 3.63) is 0 Å². The Morgan fingerprint density at radius 2 is 1.68 bits per heavy atom. The number of hydrogen-bond acceptors (Lipinski definition) is 3. The standard InChI is InChI=1S/C13H27N.CHF3O3S/c1-3-5-7-10-14-11-9-13(12-14)8-6-4-2;2-1(3,4)8(5,6)7/h13H,3-12H2,1-2H3;(H,5,6,7). The summed E-state index contributed by atoms with van der Waals surface area (Å²) in [6.07, 6.45) is 10.1. The molecule has 0 saturated carbocycles. The Morgan fingerprint density at radius 3 is 2.14 bits per heavy atom. The predicted molar refractivity (Wildman–Crippen MR) is 78.5 cm³/mol. The van der Waals surface area contributed by atoms with Gasteiger partial charge in [0, 0.05) is 12.3 Å². The monoisotopic (exact) mass is 347 g/mol. The molecule has 0 aromatic carbocycles. The Bertz CT molecular complexity index is 385. The van der Waals surface area contributed by atoms with Crippen molar-refractivity contribution in [2.75, 3.05) is 19.6 Å². The van der Waals surface area contributed by atoms with Crippen LogP contribution < -0.4 is 4.90 Å². The van der Waals surface area contributed by atoms with Crippen molar-refractivity contribution in [1.29, 1.82) is 0 Å². The van der Waals surface area contributed by atoms with Crippen molar-refractivity contribution < 1.29 is 31.0 Å². The molecule has 0 radical (unpaired) electrons. The van der Waals surface area contributed by atoms with Crippen molar-refractivity contribution in [3.8, 4) is 0 Å². The summed E-state index contributed by atoms with van der Waals surface area (Å²) in [5, 5.41) is 0. The molecule has 0 bridgehead atoms. The first-order valence-electron chi connectivity index (χ1n) is 7.97. The van der Waals surface area contributed by atoms with Gasteiger partial charge in [-0.15, -0.1) is 0 Å². The molecule has 22 heavy (non-hydrogen) atoms. The van der Waals surface area contributed by atoms with E-state index in [1.165, 1.54) is 64.6 Å². The third-order valence-electron chi connectivity index (χ3n) is 3.87. The fourth-order valence-electron chi connectivity index (χ4n) is 2.61. The molecule has 2 unspecified atom stereocenters. The fourth-order valence-corrected chi connectivity index (χ4v) is 2.61. The molecule has 0 aromatic rings. The van der Waals surface area contributed by atoms with E-state index in [2.05, 4.69) is 13.8 Å². The Kier molecular flexibility index (Phi) is 10.3. The summed E-state index contributed by atoms with van der Waals surface area (Å²) >= 11 is 0. The van der Waals surface area contributed by atoms with E-state index in [1.54, 1.807) is 0 Å². The van der Waals surface area contributed by atoms with Crippen LogP contribution in [0, 0.1) is 5.92 Å². The minimum atomic E-state index is -6.09. The van der Waals surface area contributed by atoms with Crippen molar-refractivity contribution in [1.82, 2.24) is 0 Å². The molecule has 2 atom stereocenters. The van der Waals surface area contributed by atoms with Gasteiger partial charge in [0.15, 0.2) is 10.1 Å². The summed E-state index contributed by atoms with van der Waals surface area (Å²) in [5.41, 5.74) is -5.65. The maximum Gasteiger partial charge on any atom is 0.485 e. The van der Waals surface area contributed by atoms with Crippen LogP contribution in [0.15, 0.2) is 0 Å². The highest BCUT2D eigenvalue weighted by atomic mass is 32.2. The molecule has 1 aliphatic heterocycles. The van der Waals surface area contributed by atoms with E-state index in [0.29, 0.717) is 0 Å².